The van der Waals surface area contributed by atoms with Crippen LogP contribution < -0.4 is 5.32 Å². The highest BCUT2D eigenvalue weighted by Crippen LogP contribution is 2.28. The fraction of sp³-hybridized carbons (Fsp3) is 0.600. The summed E-state index contributed by atoms with van der Waals surface area (Å²) in [6, 6.07) is 1.11. The average Bonchev–Trinajstić information content (AvgIpc) is 3.43. The van der Waals surface area contributed by atoms with Crippen LogP contribution in [0.4, 0.5) is 0 Å². The second-order valence-corrected chi connectivity index (χ2v) is 13.6. The molecule has 7 heteroatoms. The van der Waals surface area contributed by atoms with Crippen LogP contribution in [0.3, 0.4) is 0 Å². The number of hydrogen-bond acceptors (Lipinski definition) is 5. The predicted octanol–water partition coefficient (Wildman–Crippen LogP) is 3.95. The Morgan fingerprint density at radius 3 is 2.48 bits per heavy atom. The first-order valence-corrected chi connectivity index (χ1v) is 13.3. The van der Waals surface area contributed by atoms with Gasteiger partial charge in [0.2, 0.25) is 5.91 Å². The number of hydrazine groups is 1. The molecule has 0 aliphatic heterocycles. The molecular weight excluding hydrogens is 356 g/mol. The second kappa shape index (κ2) is 11.1. The highest BCUT2D eigenvalue weighted by molar-refractivity contribution is 6.76. The maximum absolute atomic E-state index is 12.0. The third-order valence-electron chi connectivity index (χ3n) is 4.21. The Kier molecular flexibility index (Phi) is 9.52. The molecule has 0 spiro atoms. The van der Waals surface area contributed by atoms with Crippen molar-refractivity contribution in [3.63, 3.8) is 0 Å². The van der Waals surface area contributed by atoms with Gasteiger partial charge in [0.05, 0.1) is 0 Å². The fourth-order valence-corrected chi connectivity index (χ4v) is 3.06. The highest BCUT2D eigenvalue weighted by atomic mass is 28.3. The molecule has 0 aromatic carbocycles. The van der Waals surface area contributed by atoms with E-state index >= 15 is 0 Å². The zero-order valence-electron chi connectivity index (χ0n) is 17.6. The molecule has 0 bridgehead atoms. The van der Waals surface area contributed by atoms with E-state index in [9.17, 15) is 4.79 Å². The fourth-order valence-electron chi connectivity index (χ4n) is 2.30. The predicted molar refractivity (Wildman–Crippen MR) is 116 cm³/mol. The lowest BCUT2D eigenvalue weighted by Gasteiger charge is -2.33. The first-order valence-electron chi connectivity index (χ1n) is 9.64. The van der Waals surface area contributed by atoms with Crippen molar-refractivity contribution in [2.45, 2.75) is 51.9 Å². The lowest BCUT2D eigenvalue weighted by Crippen LogP contribution is -2.40. The Balaban J connectivity index is 2.82. The van der Waals surface area contributed by atoms with Crippen LogP contribution in [0, 0.1) is 5.92 Å². The zero-order chi connectivity index (χ0) is 20.4. The molecule has 0 atom stereocenters. The SMILES string of the molecule is C=C/C=C(\CC)N(COCC[Si](C)(C)C)N(C)/N=C(\C=C)NC(=O)C1CC1. The van der Waals surface area contributed by atoms with E-state index in [0.29, 0.717) is 12.6 Å². The monoisotopic (exact) mass is 392 g/mol. The van der Waals surface area contributed by atoms with Gasteiger partial charge in [-0.05, 0) is 37.5 Å². The number of ether oxygens (including phenoxy) is 1. The summed E-state index contributed by atoms with van der Waals surface area (Å²) >= 11 is 0. The highest BCUT2D eigenvalue weighted by Gasteiger charge is 2.30. The van der Waals surface area contributed by atoms with Crippen LogP contribution >= 0.6 is 0 Å². The lowest BCUT2D eigenvalue weighted by molar-refractivity contribution is -0.120. The number of nitrogens with one attached hydrogen (secondary N) is 1. The van der Waals surface area contributed by atoms with Crippen LogP contribution in [0.1, 0.15) is 26.2 Å². The Morgan fingerprint density at radius 1 is 1.33 bits per heavy atom. The van der Waals surface area contributed by atoms with Crippen molar-refractivity contribution in [3.8, 4) is 0 Å². The van der Waals surface area contributed by atoms with Gasteiger partial charge in [-0.15, -0.1) is 5.10 Å². The summed E-state index contributed by atoms with van der Waals surface area (Å²) in [4.78, 5) is 12.0. The largest absolute Gasteiger partial charge is 0.360 e. The molecule has 0 heterocycles. The van der Waals surface area contributed by atoms with Gasteiger partial charge in [-0.25, -0.2) is 10.1 Å². The molecule has 0 saturated heterocycles. The van der Waals surface area contributed by atoms with Crippen molar-refractivity contribution in [2.24, 2.45) is 11.0 Å². The van der Waals surface area contributed by atoms with Crippen LogP contribution in [0.5, 0.6) is 0 Å². The molecule has 1 rings (SSSR count). The molecule has 152 valence electrons. The number of amides is 1. The first-order chi connectivity index (χ1) is 12.7. The molecule has 27 heavy (non-hydrogen) atoms. The van der Waals surface area contributed by atoms with Crippen LogP contribution in [-0.4, -0.2) is 50.3 Å². The van der Waals surface area contributed by atoms with Gasteiger partial charge in [0.1, 0.15) is 6.73 Å². The minimum Gasteiger partial charge on any atom is -0.360 e. The summed E-state index contributed by atoms with van der Waals surface area (Å²) in [6.45, 7) is 17.7. The Labute approximate surface area is 165 Å². The molecule has 1 aliphatic carbocycles. The zero-order valence-corrected chi connectivity index (χ0v) is 18.6. The van der Waals surface area contributed by atoms with Crippen LogP contribution in [0.25, 0.3) is 0 Å². The molecular formula is C20H36N4O2Si. The van der Waals surface area contributed by atoms with E-state index < -0.39 is 8.07 Å². The standard InChI is InChI=1S/C20H36N4O2Si/c1-8-11-18(9-2)24(16-26-14-15-27(5,6)7)23(4)22-19(10-3)21-20(25)17-12-13-17/h8,10-11,17H,1,3,9,12-16H2,2,4-7H3,(H,21,22,25)/b18-11+. The second-order valence-electron chi connectivity index (χ2n) is 7.94. The van der Waals surface area contributed by atoms with E-state index in [1.165, 1.54) is 0 Å². The molecule has 1 N–H and O–H groups in total. The van der Waals surface area contributed by atoms with Gasteiger partial charge in [0, 0.05) is 33.3 Å². The smallest absolute Gasteiger partial charge is 0.228 e. The maximum atomic E-state index is 12.0. The van der Waals surface area contributed by atoms with Crippen molar-refractivity contribution in [1.29, 1.82) is 0 Å². The Bertz CT molecular complexity index is 577. The summed E-state index contributed by atoms with van der Waals surface area (Å²) in [5.74, 6) is 0.571. The molecule has 0 unspecified atom stereocenters. The van der Waals surface area contributed by atoms with E-state index in [1.807, 2.05) is 18.1 Å². The third kappa shape index (κ3) is 9.06. The van der Waals surface area contributed by atoms with Crippen LogP contribution in [0.15, 0.2) is 42.2 Å². The number of hydrazone groups is 1. The molecule has 0 radical (unpaired) electrons. The topological polar surface area (TPSA) is 57.2 Å². The third-order valence-corrected chi connectivity index (χ3v) is 5.91. The molecule has 1 saturated carbocycles. The molecule has 0 aromatic rings. The van der Waals surface area contributed by atoms with Gasteiger partial charge in [-0.1, -0.05) is 45.8 Å². The molecule has 6 nitrogen and oxygen atoms in total. The summed E-state index contributed by atoms with van der Waals surface area (Å²) in [7, 11) is 0.696. The summed E-state index contributed by atoms with van der Waals surface area (Å²) in [5.41, 5.74) is 1.03. The van der Waals surface area contributed by atoms with Gasteiger partial charge in [-0.2, -0.15) is 0 Å². The van der Waals surface area contributed by atoms with Gasteiger partial charge >= 0.3 is 0 Å². The molecule has 1 fully saturated rings. The minimum atomic E-state index is -1.14. The molecule has 1 amide bonds. The minimum absolute atomic E-state index is 0.0114. The number of rotatable bonds is 12. The average molecular weight is 393 g/mol. The van der Waals surface area contributed by atoms with Gasteiger partial charge in [0.15, 0.2) is 5.84 Å². The number of hydrogen-bond donors (Lipinski definition) is 1. The van der Waals surface area contributed by atoms with E-state index in [4.69, 9.17) is 4.74 Å². The number of allylic oxidation sites excluding steroid dienone is 3. The molecule has 0 aromatic heterocycles. The van der Waals surface area contributed by atoms with Gasteiger partial charge in [-0.3, -0.25) is 4.79 Å². The summed E-state index contributed by atoms with van der Waals surface area (Å²) in [6.07, 6.45) is 7.97. The Hall–Kier alpha value is -1.86. The van der Waals surface area contributed by atoms with Crippen molar-refractivity contribution in [3.05, 3.63) is 37.1 Å². The van der Waals surface area contributed by atoms with Gasteiger partial charge < -0.3 is 10.1 Å². The number of amidine groups is 1. The van der Waals surface area contributed by atoms with E-state index in [1.54, 1.807) is 17.3 Å². The van der Waals surface area contributed by atoms with Crippen molar-refractivity contribution < 1.29 is 9.53 Å². The first kappa shape index (κ1) is 23.2. The molecule has 1 aliphatic rings. The quantitative estimate of drug-likeness (QED) is 0.104. The Morgan fingerprint density at radius 2 is 2.00 bits per heavy atom. The van der Waals surface area contributed by atoms with Crippen molar-refractivity contribution >= 4 is 19.8 Å². The summed E-state index contributed by atoms with van der Waals surface area (Å²) < 4.78 is 5.93. The number of nitrogens with zero attached hydrogens (tertiary/aromatic N) is 3. The number of carbonyl (C=O) groups excluding carboxylic acids is 1. The van der Waals surface area contributed by atoms with Gasteiger partial charge in [0.25, 0.3) is 0 Å². The lowest BCUT2D eigenvalue weighted by atomic mass is 10.3. The maximum Gasteiger partial charge on any atom is 0.228 e. The summed E-state index contributed by atoms with van der Waals surface area (Å²) in [5, 5.41) is 11.0. The van der Waals surface area contributed by atoms with Crippen molar-refractivity contribution in [1.82, 2.24) is 15.4 Å². The normalized spacial score (nSPS) is 15.3. The van der Waals surface area contributed by atoms with Crippen LogP contribution in [0.2, 0.25) is 25.7 Å². The van der Waals surface area contributed by atoms with E-state index in [0.717, 1.165) is 37.6 Å². The van der Waals surface area contributed by atoms with Crippen molar-refractivity contribution in [2.75, 3.05) is 20.4 Å². The number of carbonyl (C=O) groups is 1. The van der Waals surface area contributed by atoms with Crippen LogP contribution in [-0.2, 0) is 9.53 Å². The van der Waals surface area contributed by atoms with E-state index in [2.05, 4.69) is 50.1 Å². The van der Waals surface area contributed by atoms with E-state index in [-0.39, 0.29) is 11.8 Å².